The number of hydrogen-bond acceptors (Lipinski definition) is 3. The number of sulfone groups is 1. The van der Waals surface area contributed by atoms with E-state index in [1.165, 1.54) is 12.1 Å². The van der Waals surface area contributed by atoms with Crippen LogP contribution in [0.4, 0.5) is 0 Å². The number of carbonyl (C=O) groups excluding carboxylic acids is 1. The normalized spacial score (nSPS) is 11.4. The number of amides is 1. The Kier molecular flexibility index (Phi) is 4.18. The number of primary amides is 1. The van der Waals surface area contributed by atoms with Crippen molar-refractivity contribution in [3.05, 3.63) is 33.8 Å². The summed E-state index contributed by atoms with van der Waals surface area (Å²) in [6.07, 6.45) is 0. The highest BCUT2D eigenvalue weighted by Crippen LogP contribution is 2.26. The summed E-state index contributed by atoms with van der Waals surface area (Å²) in [5.74, 6) is -2.01. The van der Waals surface area contributed by atoms with Gasteiger partial charge >= 0.3 is 0 Å². The molecule has 0 radical (unpaired) electrons. The van der Waals surface area contributed by atoms with Gasteiger partial charge < -0.3 is 5.73 Å². The van der Waals surface area contributed by atoms with Crippen LogP contribution >= 0.6 is 23.2 Å². The first kappa shape index (κ1) is 13.3. The molecule has 4 nitrogen and oxygen atoms in total. The first-order valence-corrected chi connectivity index (χ1v) is 6.81. The molecule has 2 N–H and O–H groups in total. The van der Waals surface area contributed by atoms with Crippen molar-refractivity contribution in [1.29, 1.82) is 0 Å². The molecule has 7 heteroatoms. The minimum atomic E-state index is -3.62. The summed E-state index contributed by atoms with van der Waals surface area (Å²) >= 11 is 11.6. The fourth-order valence-corrected chi connectivity index (χ4v) is 3.13. The first-order valence-electron chi connectivity index (χ1n) is 4.23. The number of benzene rings is 1. The highest BCUT2D eigenvalue weighted by Gasteiger charge is 2.18. The Bertz CT molecular complexity index is 493. The average molecular weight is 282 g/mol. The highest BCUT2D eigenvalue weighted by molar-refractivity contribution is 7.91. The topological polar surface area (TPSA) is 77.2 Å². The lowest BCUT2D eigenvalue weighted by atomic mass is 10.2. The molecule has 0 aliphatic heterocycles. The molecule has 0 saturated heterocycles. The Morgan fingerprint density at radius 3 is 2.19 bits per heavy atom. The number of halogens is 2. The molecular formula is C9H9Cl2NO3S. The van der Waals surface area contributed by atoms with Gasteiger partial charge in [0.2, 0.25) is 5.91 Å². The molecule has 1 aromatic carbocycles. The Morgan fingerprint density at radius 1 is 1.25 bits per heavy atom. The molecule has 0 unspecified atom stereocenters. The Morgan fingerprint density at radius 2 is 1.75 bits per heavy atom. The van der Waals surface area contributed by atoms with Crippen LogP contribution < -0.4 is 5.73 Å². The van der Waals surface area contributed by atoms with Gasteiger partial charge in [-0.2, -0.15) is 0 Å². The number of rotatable bonds is 4. The molecule has 16 heavy (non-hydrogen) atoms. The lowest BCUT2D eigenvalue weighted by Gasteiger charge is -2.06. The second kappa shape index (κ2) is 5.03. The van der Waals surface area contributed by atoms with Crippen molar-refractivity contribution in [2.45, 2.75) is 5.75 Å². The van der Waals surface area contributed by atoms with Crippen LogP contribution in [-0.4, -0.2) is 20.1 Å². The van der Waals surface area contributed by atoms with Crippen LogP contribution in [0.2, 0.25) is 10.0 Å². The molecule has 0 heterocycles. The van der Waals surface area contributed by atoms with E-state index in [1.54, 1.807) is 6.07 Å². The van der Waals surface area contributed by atoms with E-state index < -0.39 is 27.3 Å². The van der Waals surface area contributed by atoms with Gasteiger partial charge in [-0.3, -0.25) is 4.79 Å². The zero-order chi connectivity index (χ0) is 12.3. The molecule has 1 rings (SSSR count). The monoisotopic (exact) mass is 281 g/mol. The zero-order valence-electron chi connectivity index (χ0n) is 8.11. The fraction of sp³-hybridized carbons (Fsp3) is 0.222. The Balaban J connectivity index is 3.01. The Labute approximate surface area is 103 Å². The molecule has 0 aliphatic carbocycles. The van der Waals surface area contributed by atoms with Crippen LogP contribution in [0.3, 0.4) is 0 Å². The van der Waals surface area contributed by atoms with E-state index in [1.807, 2.05) is 0 Å². The lowest BCUT2D eigenvalue weighted by Crippen LogP contribution is -2.24. The van der Waals surface area contributed by atoms with Crippen molar-refractivity contribution < 1.29 is 13.2 Å². The van der Waals surface area contributed by atoms with E-state index >= 15 is 0 Å². The van der Waals surface area contributed by atoms with Crippen LogP contribution in [0.5, 0.6) is 0 Å². The van der Waals surface area contributed by atoms with Crippen molar-refractivity contribution in [3.8, 4) is 0 Å². The summed E-state index contributed by atoms with van der Waals surface area (Å²) in [5.41, 5.74) is 5.11. The maximum Gasteiger partial charge on any atom is 0.232 e. The van der Waals surface area contributed by atoms with Gasteiger partial charge in [-0.1, -0.05) is 29.3 Å². The number of carbonyl (C=O) groups is 1. The lowest BCUT2D eigenvalue weighted by molar-refractivity contribution is -0.115. The number of hydrogen-bond donors (Lipinski definition) is 1. The summed E-state index contributed by atoms with van der Waals surface area (Å²) < 4.78 is 23.0. The van der Waals surface area contributed by atoms with E-state index in [4.69, 9.17) is 28.9 Å². The molecule has 0 atom stereocenters. The van der Waals surface area contributed by atoms with Gasteiger partial charge in [0.15, 0.2) is 9.84 Å². The molecule has 0 saturated carbocycles. The first-order chi connectivity index (χ1) is 7.32. The summed E-state index contributed by atoms with van der Waals surface area (Å²) in [7, 11) is -3.62. The van der Waals surface area contributed by atoms with Crippen molar-refractivity contribution in [3.63, 3.8) is 0 Å². The van der Waals surface area contributed by atoms with Gasteiger partial charge in [-0.15, -0.1) is 0 Å². The molecular weight excluding hydrogens is 273 g/mol. The van der Waals surface area contributed by atoms with Crippen LogP contribution in [0, 0.1) is 0 Å². The van der Waals surface area contributed by atoms with Gasteiger partial charge in [0.1, 0.15) is 5.75 Å². The van der Waals surface area contributed by atoms with Gasteiger partial charge in [0.05, 0.1) is 5.75 Å². The van der Waals surface area contributed by atoms with Crippen molar-refractivity contribution in [2.75, 3.05) is 5.75 Å². The molecule has 1 aromatic rings. The fourth-order valence-electron chi connectivity index (χ4n) is 1.16. The summed E-state index contributed by atoms with van der Waals surface area (Å²) in [5, 5.41) is 0.501. The van der Waals surface area contributed by atoms with E-state index in [0.717, 1.165) is 0 Å². The van der Waals surface area contributed by atoms with E-state index in [9.17, 15) is 13.2 Å². The van der Waals surface area contributed by atoms with Crippen LogP contribution in [0.1, 0.15) is 5.56 Å². The largest absolute Gasteiger partial charge is 0.369 e. The minimum absolute atomic E-state index is 0.251. The second-order valence-electron chi connectivity index (χ2n) is 3.20. The van der Waals surface area contributed by atoms with Crippen LogP contribution in [0.15, 0.2) is 18.2 Å². The van der Waals surface area contributed by atoms with Crippen molar-refractivity contribution >= 4 is 38.9 Å². The molecule has 0 spiro atoms. The van der Waals surface area contributed by atoms with E-state index in [-0.39, 0.29) is 15.6 Å². The smallest absolute Gasteiger partial charge is 0.232 e. The van der Waals surface area contributed by atoms with Gasteiger partial charge in [-0.25, -0.2) is 8.42 Å². The average Bonchev–Trinajstić information content (AvgIpc) is 2.09. The summed E-state index contributed by atoms with van der Waals surface area (Å²) in [6.45, 7) is 0. The quantitative estimate of drug-likeness (QED) is 0.906. The molecule has 0 aliphatic rings. The molecule has 0 bridgehead atoms. The zero-order valence-corrected chi connectivity index (χ0v) is 10.4. The SMILES string of the molecule is NC(=O)CS(=O)(=O)Cc1c(Cl)cccc1Cl. The van der Waals surface area contributed by atoms with Crippen molar-refractivity contribution in [1.82, 2.24) is 0 Å². The predicted octanol–water partition coefficient (Wildman–Crippen LogP) is 1.39. The van der Waals surface area contributed by atoms with E-state index in [0.29, 0.717) is 0 Å². The molecule has 0 fully saturated rings. The van der Waals surface area contributed by atoms with Crippen molar-refractivity contribution in [2.24, 2.45) is 5.73 Å². The predicted molar refractivity (Wildman–Crippen MR) is 63.1 cm³/mol. The summed E-state index contributed by atoms with van der Waals surface area (Å²) in [6, 6.07) is 4.67. The van der Waals surface area contributed by atoms with Crippen LogP contribution in [-0.2, 0) is 20.4 Å². The maximum absolute atomic E-state index is 11.5. The van der Waals surface area contributed by atoms with E-state index in [2.05, 4.69) is 0 Å². The maximum atomic E-state index is 11.5. The standard InChI is InChI=1S/C9H9Cl2NO3S/c10-7-2-1-3-8(11)6(7)4-16(14,15)5-9(12)13/h1-3H,4-5H2,(H2,12,13). The third kappa shape index (κ3) is 3.66. The molecule has 88 valence electrons. The van der Waals surface area contributed by atoms with Gasteiger partial charge in [-0.05, 0) is 12.1 Å². The van der Waals surface area contributed by atoms with Gasteiger partial charge in [0.25, 0.3) is 0 Å². The van der Waals surface area contributed by atoms with Gasteiger partial charge in [0, 0.05) is 15.6 Å². The molecule has 0 aromatic heterocycles. The second-order valence-corrected chi connectivity index (χ2v) is 6.08. The third-order valence-electron chi connectivity index (χ3n) is 1.79. The Hall–Kier alpha value is -0.780. The molecule has 1 amide bonds. The van der Waals surface area contributed by atoms with Crippen LogP contribution in [0.25, 0.3) is 0 Å². The number of nitrogens with two attached hydrogens (primary N) is 1. The third-order valence-corrected chi connectivity index (χ3v) is 3.95. The summed E-state index contributed by atoms with van der Waals surface area (Å²) in [4.78, 5) is 10.6. The highest BCUT2D eigenvalue weighted by atomic mass is 35.5. The minimum Gasteiger partial charge on any atom is -0.369 e.